The fourth-order valence-electron chi connectivity index (χ4n) is 3.19. The second-order valence-electron chi connectivity index (χ2n) is 6.04. The summed E-state index contributed by atoms with van der Waals surface area (Å²) in [6, 6.07) is 8.36. The van der Waals surface area contributed by atoms with Crippen molar-refractivity contribution in [1.82, 2.24) is 10.2 Å². The van der Waals surface area contributed by atoms with Gasteiger partial charge in [-0.2, -0.15) is 0 Å². The molecule has 3 nitrogen and oxygen atoms in total. The van der Waals surface area contributed by atoms with Gasteiger partial charge in [0.05, 0.1) is 0 Å². The van der Waals surface area contributed by atoms with Crippen molar-refractivity contribution in [2.75, 3.05) is 19.6 Å². The molecule has 0 spiro atoms. The largest absolute Gasteiger partial charge is 0.508 e. The number of hydrogen-bond donors (Lipinski definition) is 2. The summed E-state index contributed by atoms with van der Waals surface area (Å²) in [6.45, 7) is 10.3. The zero-order valence-corrected chi connectivity index (χ0v) is 13.0. The molecular weight excluding hydrogens is 248 g/mol. The minimum absolute atomic E-state index is 0.279. The first kappa shape index (κ1) is 15.3. The third kappa shape index (κ3) is 3.97. The van der Waals surface area contributed by atoms with Crippen molar-refractivity contribution in [2.24, 2.45) is 5.92 Å². The molecule has 0 aromatic heterocycles. The molecule has 20 heavy (non-hydrogen) atoms. The second-order valence-corrected chi connectivity index (χ2v) is 6.04. The van der Waals surface area contributed by atoms with Gasteiger partial charge in [0.15, 0.2) is 0 Å². The number of phenolic OH excluding ortho intramolecular Hbond substituents is 1. The summed E-state index contributed by atoms with van der Waals surface area (Å²) in [5.41, 5.74) is 1.16. The molecule has 0 saturated carbocycles. The molecule has 0 aliphatic carbocycles. The number of benzene rings is 1. The molecule has 1 heterocycles. The van der Waals surface area contributed by atoms with E-state index in [1.165, 1.54) is 32.5 Å². The van der Waals surface area contributed by atoms with Gasteiger partial charge in [0.1, 0.15) is 5.75 Å². The summed E-state index contributed by atoms with van der Waals surface area (Å²) >= 11 is 0. The lowest BCUT2D eigenvalue weighted by molar-refractivity contribution is 0.165. The molecule has 2 atom stereocenters. The van der Waals surface area contributed by atoms with Crippen LogP contribution < -0.4 is 5.32 Å². The lowest BCUT2D eigenvalue weighted by Gasteiger charge is -2.35. The molecule has 3 heteroatoms. The van der Waals surface area contributed by atoms with Gasteiger partial charge in [0.2, 0.25) is 0 Å². The van der Waals surface area contributed by atoms with Crippen molar-refractivity contribution >= 4 is 0 Å². The van der Waals surface area contributed by atoms with E-state index >= 15 is 0 Å². The Balaban J connectivity index is 1.86. The van der Waals surface area contributed by atoms with Gasteiger partial charge in [-0.15, -0.1) is 0 Å². The summed E-state index contributed by atoms with van der Waals surface area (Å²) in [5.74, 6) is 1.11. The van der Waals surface area contributed by atoms with Gasteiger partial charge in [0, 0.05) is 12.1 Å². The Bertz CT molecular complexity index is 413. The highest BCUT2D eigenvalue weighted by molar-refractivity contribution is 5.29. The Kier molecular flexibility index (Phi) is 5.44. The lowest BCUT2D eigenvalue weighted by Crippen LogP contribution is -2.42. The van der Waals surface area contributed by atoms with Gasteiger partial charge in [-0.05, 0) is 69.9 Å². The van der Waals surface area contributed by atoms with Gasteiger partial charge in [-0.25, -0.2) is 0 Å². The molecule has 1 fully saturated rings. The van der Waals surface area contributed by atoms with E-state index in [4.69, 9.17) is 0 Å². The van der Waals surface area contributed by atoms with Crippen LogP contribution in [0.25, 0.3) is 0 Å². The molecule has 0 bridgehead atoms. The van der Waals surface area contributed by atoms with Crippen LogP contribution >= 0.6 is 0 Å². The van der Waals surface area contributed by atoms with Crippen LogP contribution in [0.1, 0.15) is 45.2 Å². The molecule has 1 aliphatic heterocycles. The molecule has 2 N–H and O–H groups in total. The highest BCUT2D eigenvalue weighted by Crippen LogP contribution is 2.24. The maximum Gasteiger partial charge on any atom is 0.115 e. The number of aromatic hydroxyl groups is 1. The van der Waals surface area contributed by atoms with Crippen LogP contribution in [0.2, 0.25) is 0 Å². The summed E-state index contributed by atoms with van der Waals surface area (Å²) < 4.78 is 0. The Morgan fingerprint density at radius 3 is 2.60 bits per heavy atom. The quantitative estimate of drug-likeness (QED) is 0.867. The third-order valence-electron chi connectivity index (χ3n) is 4.67. The van der Waals surface area contributed by atoms with Crippen molar-refractivity contribution < 1.29 is 5.11 Å². The predicted octanol–water partition coefficient (Wildman–Crippen LogP) is 3.16. The average Bonchev–Trinajstić information content (AvgIpc) is 2.47. The highest BCUT2D eigenvalue weighted by Gasteiger charge is 2.24. The molecule has 2 rings (SSSR count). The Hall–Kier alpha value is -1.06. The van der Waals surface area contributed by atoms with Gasteiger partial charge in [0.25, 0.3) is 0 Å². The van der Waals surface area contributed by atoms with Crippen LogP contribution in [-0.2, 0) is 0 Å². The molecule has 1 aromatic rings. The van der Waals surface area contributed by atoms with Gasteiger partial charge in [-0.3, -0.25) is 0 Å². The van der Waals surface area contributed by atoms with E-state index < -0.39 is 0 Å². The highest BCUT2D eigenvalue weighted by atomic mass is 16.3. The molecule has 2 unspecified atom stereocenters. The maximum atomic E-state index is 9.57. The van der Waals surface area contributed by atoms with Crippen molar-refractivity contribution in [1.29, 1.82) is 0 Å². The monoisotopic (exact) mass is 276 g/mol. The number of rotatable bonds is 5. The van der Waals surface area contributed by atoms with Crippen LogP contribution in [0.4, 0.5) is 0 Å². The van der Waals surface area contributed by atoms with Crippen molar-refractivity contribution in [2.45, 2.75) is 45.7 Å². The van der Waals surface area contributed by atoms with E-state index in [0.29, 0.717) is 11.8 Å². The third-order valence-corrected chi connectivity index (χ3v) is 4.67. The maximum absolute atomic E-state index is 9.57. The molecule has 112 valence electrons. The summed E-state index contributed by atoms with van der Waals surface area (Å²) in [5, 5.41) is 13.3. The number of likely N-dealkylation sites (tertiary alicyclic amines) is 1. The first-order valence-corrected chi connectivity index (χ1v) is 7.87. The molecular formula is C17H28N2O. The van der Waals surface area contributed by atoms with E-state index in [1.807, 2.05) is 12.1 Å². The van der Waals surface area contributed by atoms with E-state index in [0.717, 1.165) is 11.5 Å². The van der Waals surface area contributed by atoms with Crippen molar-refractivity contribution in [3.05, 3.63) is 29.8 Å². The Labute approximate surface area is 123 Å². The van der Waals surface area contributed by atoms with Crippen LogP contribution in [0.5, 0.6) is 5.75 Å². The summed E-state index contributed by atoms with van der Waals surface area (Å²) in [7, 11) is 0. The minimum Gasteiger partial charge on any atom is -0.508 e. The fraction of sp³-hybridized carbons (Fsp3) is 0.647. The van der Waals surface area contributed by atoms with Crippen molar-refractivity contribution in [3.63, 3.8) is 0 Å². The Morgan fingerprint density at radius 2 is 2.00 bits per heavy atom. The predicted molar refractivity (Wildman–Crippen MR) is 84.0 cm³/mol. The van der Waals surface area contributed by atoms with E-state index in [-0.39, 0.29) is 6.04 Å². The molecule has 0 amide bonds. The molecule has 1 aliphatic rings. The van der Waals surface area contributed by atoms with Crippen LogP contribution in [0.3, 0.4) is 0 Å². The minimum atomic E-state index is 0.279. The fourth-order valence-corrected chi connectivity index (χ4v) is 3.19. The smallest absolute Gasteiger partial charge is 0.115 e. The number of phenols is 1. The van der Waals surface area contributed by atoms with Crippen LogP contribution in [0.15, 0.2) is 24.3 Å². The van der Waals surface area contributed by atoms with Crippen molar-refractivity contribution in [3.8, 4) is 5.75 Å². The molecule has 0 radical (unpaired) electrons. The topological polar surface area (TPSA) is 35.5 Å². The van der Waals surface area contributed by atoms with Gasteiger partial charge < -0.3 is 15.3 Å². The first-order valence-electron chi connectivity index (χ1n) is 7.87. The van der Waals surface area contributed by atoms with Crippen LogP contribution in [-0.4, -0.2) is 35.7 Å². The molecule has 1 saturated heterocycles. The van der Waals surface area contributed by atoms with Gasteiger partial charge >= 0.3 is 0 Å². The second kappa shape index (κ2) is 7.09. The summed E-state index contributed by atoms with van der Waals surface area (Å²) in [4.78, 5) is 2.53. The lowest BCUT2D eigenvalue weighted by atomic mass is 9.89. The standard InChI is InChI=1S/C17H28N2O/c1-4-19-10-8-15(9-11-19)13(2)18-14(3)16-6-5-7-17(20)12-16/h5-7,12-15,18,20H,4,8-11H2,1-3H3. The zero-order chi connectivity index (χ0) is 14.5. The first-order chi connectivity index (χ1) is 9.60. The van der Waals surface area contributed by atoms with E-state index in [9.17, 15) is 5.11 Å². The number of piperidine rings is 1. The van der Waals surface area contributed by atoms with E-state index in [2.05, 4.69) is 37.1 Å². The number of hydrogen-bond acceptors (Lipinski definition) is 3. The SMILES string of the molecule is CCN1CCC(C(C)NC(C)c2cccc(O)c2)CC1. The normalized spacial score (nSPS) is 20.8. The average molecular weight is 276 g/mol. The summed E-state index contributed by atoms with van der Waals surface area (Å²) in [6.07, 6.45) is 2.57. The zero-order valence-electron chi connectivity index (χ0n) is 13.0. The molecule has 1 aromatic carbocycles. The Morgan fingerprint density at radius 1 is 1.30 bits per heavy atom. The number of nitrogens with one attached hydrogen (secondary N) is 1. The van der Waals surface area contributed by atoms with E-state index in [1.54, 1.807) is 6.07 Å². The van der Waals surface area contributed by atoms with Gasteiger partial charge in [-0.1, -0.05) is 19.1 Å². The number of nitrogens with zero attached hydrogens (tertiary/aromatic N) is 1. The van der Waals surface area contributed by atoms with Crippen LogP contribution in [0, 0.1) is 5.92 Å².